The summed E-state index contributed by atoms with van der Waals surface area (Å²) >= 11 is 0. The van der Waals surface area contributed by atoms with Gasteiger partial charge in [-0.15, -0.1) is 0 Å². The van der Waals surface area contributed by atoms with E-state index in [1.807, 2.05) is 0 Å². The van der Waals surface area contributed by atoms with Gasteiger partial charge in [0.25, 0.3) is 5.91 Å². The van der Waals surface area contributed by atoms with E-state index in [-0.39, 0.29) is 11.8 Å². The van der Waals surface area contributed by atoms with E-state index in [1.54, 1.807) is 36.1 Å². The van der Waals surface area contributed by atoms with Gasteiger partial charge in [-0.25, -0.2) is 4.79 Å². The number of aliphatic carboxylic acids is 1. The summed E-state index contributed by atoms with van der Waals surface area (Å²) < 4.78 is 10.3. The molecule has 3 rings (SSSR count). The maximum atomic E-state index is 12.6. The van der Waals surface area contributed by atoms with Gasteiger partial charge in [-0.05, 0) is 38.0 Å². The van der Waals surface area contributed by atoms with Crippen molar-refractivity contribution in [3.63, 3.8) is 0 Å². The Kier molecular flexibility index (Phi) is 4.97. The largest absolute Gasteiger partial charge is 0.482 e. The Hall–Kier alpha value is -2.90. The van der Waals surface area contributed by atoms with Crippen molar-refractivity contribution < 1.29 is 24.0 Å². The number of carbonyl (C=O) groups excluding carboxylic acids is 1. The third kappa shape index (κ3) is 4.14. The molecule has 0 unspecified atom stereocenters. The minimum atomic E-state index is -1.06. The van der Waals surface area contributed by atoms with Gasteiger partial charge >= 0.3 is 5.97 Å². The first-order chi connectivity index (χ1) is 12.0. The van der Waals surface area contributed by atoms with Crippen LogP contribution in [0.1, 0.15) is 40.8 Å². The van der Waals surface area contributed by atoms with Gasteiger partial charge in [0.15, 0.2) is 12.4 Å². The lowest BCUT2D eigenvalue weighted by molar-refractivity contribution is -0.139. The van der Waals surface area contributed by atoms with Crippen LogP contribution in [0.15, 0.2) is 28.8 Å². The number of ether oxygens (including phenoxy) is 1. The van der Waals surface area contributed by atoms with Gasteiger partial charge in [0.2, 0.25) is 5.89 Å². The van der Waals surface area contributed by atoms with Crippen LogP contribution in [0, 0.1) is 6.92 Å². The lowest BCUT2D eigenvalue weighted by Gasteiger charge is -2.30. The Balaban J connectivity index is 1.60. The van der Waals surface area contributed by atoms with Crippen LogP contribution in [0.3, 0.4) is 0 Å². The highest BCUT2D eigenvalue weighted by Gasteiger charge is 2.27. The normalized spacial score (nSPS) is 15.2. The molecular formula is C17H19N3O5. The first kappa shape index (κ1) is 16.9. The number of carboxylic acid groups (broad SMARTS) is 1. The lowest BCUT2D eigenvalue weighted by Crippen LogP contribution is -2.38. The number of likely N-dealkylation sites (tertiary alicyclic amines) is 1. The van der Waals surface area contributed by atoms with Crippen LogP contribution < -0.4 is 4.74 Å². The minimum absolute atomic E-state index is 0.0964. The van der Waals surface area contributed by atoms with Gasteiger partial charge in [0, 0.05) is 24.6 Å². The van der Waals surface area contributed by atoms with E-state index < -0.39 is 12.6 Å². The molecule has 0 spiro atoms. The Morgan fingerprint density at radius 3 is 2.76 bits per heavy atom. The van der Waals surface area contributed by atoms with Crippen molar-refractivity contribution in [1.82, 2.24) is 15.0 Å². The van der Waals surface area contributed by atoms with Crippen LogP contribution >= 0.6 is 0 Å². The summed E-state index contributed by atoms with van der Waals surface area (Å²) in [5.74, 6) is 0.635. The van der Waals surface area contributed by atoms with Crippen molar-refractivity contribution in [2.75, 3.05) is 19.7 Å². The molecule has 2 heterocycles. The molecule has 0 bridgehead atoms. The van der Waals surface area contributed by atoms with Crippen molar-refractivity contribution in [3.05, 3.63) is 41.5 Å². The van der Waals surface area contributed by atoms with E-state index in [2.05, 4.69) is 10.1 Å². The van der Waals surface area contributed by atoms with Crippen molar-refractivity contribution in [2.45, 2.75) is 25.7 Å². The summed E-state index contributed by atoms with van der Waals surface area (Å²) in [6, 6.07) is 6.57. The third-order valence-corrected chi connectivity index (χ3v) is 4.12. The summed E-state index contributed by atoms with van der Waals surface area (Å²) in [7, 11) is 0. The molecule has 1 fully saturated rings. The molecule has 8 heteroatoms. The predicted molar refractivity (Wildman–Crippen MR) is 86.5 cm³/mol. The van der Waals surface area contributed by atoms with E-state index in [0.29, 0.717) is 36.1 Å². The van der Waals surface area contributed by atoms with E-state index in [0.717, 1.165) is 12.8 Å². The van der Waals surface area contributed by atoms with Gasteiger partial charge in [-0.1, -0.05) is 11.2 Å². The second kappa shape index (κ2) is 7.33. The zero-order chi connectivity index (χ0) is 17.8. The summed E-state index contributed by atoms with van der Waals surface area (Å²) in [6.45, 7) is 2.55. The fourth-order valence-corrected chi connectivity index (χ4v) is 2.86. The summed E-state index contributed by atoms with van der Waals surface area (Å²) in [5.41, 5.74) is 0.481. The smallest absolute Gasteiger partial charge is 0.341 e. The van der Waals surface area contributed by atoms with Crippen LogP contribution in [0.5, 0.6) is 5.75 Å². The molecule has 132 valence electrons. The number of hydrogen-bond donors (Lipinski definition) is 1. The maximum Gasteiger partial charge on any atom is 0.341 e. The highest BCUT2D eigenvalue weighted by atomic mass is 16.5. The van der Waals surface area contributed by atoms with Gasteiger partial charge < -0.3 is 19.3 Å². The Morgan fingerprint density at radius 2 is 2.12 bits per heavy atom. The quantitative estimate of drug-likeness (QED) is 0.881. The number of aromatic nitrogens is 2. The van der Waals surface area contributed by atoms with Crippen molar-refractivity contribution in [2.24, 2.45) is 0 Å². The molecule has 0 radical (unpaired) electrons. The number of rotatable bonds is 5. The van der Waals surface area contributed by atoms with Crippen LogP contribution in [-0.4, -0.2) is 51.7 Å². The number of aryl methyl sites for hydroxylation is 1. The summed E-state index contributed by atoms with van der Waals surface area (Å²) in [4.78, 5) is 29.2. The summed E-state index contributed by atoms with van der Waals surface area (Å²) in [6.07, 6.45) is 1.53. The van der Waals surface area contributed by atoms with E-state index in [9.17, 15) is 9.59 Å². The van der Waals surface area contributed by atoms with Gasteiger partial charge in [0.1, 0.15) is 5.75 Å². The SMILES string of the molecule is Cc1noc(C2CCN(C(=O)c3cccc(OCC(=O)O)c3)CC2)n1. The number of hydrogen-bond acceptors (Lipinski definition) is 6. The Morgan fingerprint density at radius 1 is 1.36 bits per heavy atom. The number of nitrogens with zero attached hydrogens (tertiary/aromatic N) is 3. The fraction of sp³-hybridized carbons (Fsp3) is 0.412. The average Bonchev–Trinajstić information content (AvgIpc) is 3.06. The fourth-order valence-electron chi connectivity index (χ4n) is 2.86. The van der Waals surface area contributed by atoms with Crippen molar-refractivity contribution >= 4 is 11.9 Å². The molecule has 8 nitrogen and oxygen atoms in total. The van der Waals surface area contributed by atoms with E-state index >= 15 is 0 Å². The summed E-state index contributed by atoms with van der Waals surface area (Å²) in [5, 5.41) is 12.5. The number of piperidine rings is 1. The predicted octanol–water partition coefficient (Wildman–Crippen LogP) is 1.86. The van der Waals surface area contributed by atoms with Crippen LogP contribution in [-0.2, 0) is 4.79 Å². The topological polar surface area (TPSA) is 106 Å². The number of amides is 1. The molecule has 1 N–H and O–H groups in total. The molecule has 1 aromatic carbocycles. The highest BCUT2D eigenvalue weighted by molar-refractivity contribution is 5.94. The van der Waals surface area contributed by atoms with Gasteiger partial charge in [-0.3, -0.25) is 4.79 Å². The molecule has 0 atom stereocenters. The average molecular weight is 345 g/mol. The van der Waals surface area contributed by atoms with Crippen molar-refractivity contribution in [3.8, 4) is 5.75 Å². The third-order valence-electron chi connectivity index (χ3n) is 4.12. The number of carboxylic acids is 1. The van der Waals surface area contributed by atoms with Gasteiger partial charge in [-0.2, -0.15) is 4.98 Å². The lowest BCUT2D eigenvalue weighted by atomic mass is 9.96. The standard InChI is InChI=1S/C17H19N3O5/c1-11-18-16(25-19-11)12-5-7-20(8-6-12)17(23)13-3-2-4-14(9-13)24-10-15(21)22/h2-4,9,12H,5-8,10H2,1H3,(H,21,22). The van der Waals surface area contributed by atoms with E-state index in [4.69, 9.17) is 14.4 Å². The monoisotopic (exact) mass is 345 g/mol. The van der Waals surface area contributed by atoms with Gasteiger partial charge in [0.05, 0.1) is 0 Å². The number of benzene rings is 1. The zero-order valence-corrected chi connectivity index (χ0v) is 13.8. The molecule has 1 amide bonds. The second-order valence-electron chi connectivity index (χ2n) is 5.96. The van der Waals surface area contributed by atoms with Crippen LogP contribution in [0.25, 0.3) is 0 Å². The molecule has 25 heavy (non-hydrogen) atoms. The first-order valence-corrected chi connectivity index (χ1v) is 8.07. The molecular weight excluding hydrogens is 326 g/mol. The molecule has 1 aromatic heterocycles. The molecule has 1 aliphatic heterocycles. The highest BCUT2D eigenvalue weighted by Crippen LogP contribution is 2.27. The molecule has 0 aliphatic carbocycles. The maximum absolute atomic E-state index is 12.6. The zero-order valence-electron chi connectivity index (χ0n) is 13.8. The minimum Gasteiger partial charge on any atom is -0.482 e. The second-order valence-corrected chi connectivity index (χ2v) is 5.96. The Bertz CT molecular complexity index is 765. The molecule has 1 saturated heterocycles. The van der Waals surface area contributed by atoms with E-state index in [1.165, 1.54) is 0 Å². The molecule has 2 aromatic rings. The number of carbonyl (C=O) groups is 2. The molecule has 0 saturated carbocycles. The Labute approximate surface area is 144 Å². The van der Waals surface area contributed by atoms with Crippen LogP contribution in [0.2, 0.25) is 0 Å². The first-order valence-electron chi connectivity index (χ1n) is 8.07. The van der Waals surface area contributed by atoms with Crippen molar-refractivity contribution in [1.29, 1.82) is 0 Å². The van der Waals surface area contributed by atoms with Crippen LogP contribution in [0.4, 0.5) is 0 Å². The molecule has 1 aliphatic rings.